The van der Waals surface area contributed by atoms with Crippen LogP contribution in [0.3, 0.4) is 0 Å². The van der Waals surface area contributed by atoms with Crippen molar-refractivity contribution in [3.63, 3.8) is 0 Å². The van der Waals surface area contributed by atoms with Crippen LogP contribution in [-0.4, -0.2) is 44.1 Å². The van der Waals surface area contributed by atoms with Crippen LogP contribution in [0.5, 0.6) is 0 Å². The van der Waals surface area contributed by atoms with Crippen molar-refractivity contribution in [3.8, 4) is 0 Å². The van der Waals surface area contributed by atoms with Crippen molar-refractivity contribution in [3.05, 3.63) is 5.82 Å². The minimum atomic E-state index is -4.40. The highest BCUT2D eigenvalue weighted by molar-refractivity contribution is 5.66. The molecule has 1 aromatic rings. The second-order valence-corrected chi connectivity index (χ2v) is 3.42. The Morgan fingerprint density at radius 2 is 2.17 bits per heavy atom. The largest absolute Gasteiger partial charge is 0.481 e. The van der Waals surface area contributed by atoms with Crippen molar-refractivity contribution in [2.24, 2.45) is 0 Å². The first kappa shape index (κ1) is 14.4. The molecule has 7 nitrogen and oxygen atoms in total. The lowest BCUT2D eigenvalue weighted by molar-refractivity contribution is -0.177. The Bertz CT molecular complexity index is 393. The van der Waals surface area contributed by atoms with Gasteiger partial charge in [0.05, 0.1) is 0 Å². The maximum atomic E-state index is 11.8. The summed E-state index contributed by atoms with van der Waals surface area (Å²) in [5, 5.41) is 18.7. The zero-order valence-corrected chi connectivity index (χ0v) is 9.22. The fourth-order valence-electron chi connectivity index (χ4n) is 1.14. The number of nitrogens with zero attached hydrogens (tertiary/aromatic N) is 4. The van der Waals surface area contributed by atoms with Crippen molar-refractivity contribution in [2.45, 2.75) is 32.2 Å². The Hall–Kier alpha value is -1.71. The molecule has 0 bridgehead atoms. The highest BCUT2D eigenvalue weighted by Gasteiger charge is 2.27. The molecule has 1 heterocycles. The number of alkyl halides is 3. The summed E-state index contributed by atoms with van der Waals surface area (Å²) in [6, 6.07) is 0. The standard InChI is InChI=1S/C8H11F3N4O3/c9-8(10,11)5-18-4-6-12-13-14-15(6)3-1-2-7(16)17/h1-5H2,(H,16,17). The lowest BCUT2D eigenvalue weighted by atomic mass is 10.3. The molecule has 10 heteroatoms. The van der Waals surface area contributed by atoms with E-state index in [2.05, 4.69) is 20.3 Å². The van der Waals surface area contributed by atoms with Gasteiger partial charge in [0.25, 0.3) is 0 Å². The number of carboxylic acid groups (broad SMARTS) is 1. The summed E-state index contributed by atoms with van der Waals surface area (Å²) < 4.78 is 41.1. The van der Waals surface area contributed by atoms with Gasteiger partial charge < -0.3 is 9.84 Å². The van der Waals surface area contributed by atoms with Gasteiger partial charge in [-0.05, 0) is 16.8 Å². The minimum absolute atomic E-state index is 0.0668. The molecule has 0 aliphatic heterocycles. The molecular weight excluding hydrogens is 257 g/mol. The number of halogens is 3. The molecule has 0 aliphatic carbocycles. The predicted octanol–water partition coefficient (Wildman–Crippen LogP) is 0.617. The third-order valence-corrected chi connectivity index (χ3v) is 1.86. The normalized spacial score (nSPS) is 11.7. The van der Waals surface area contributed by atoms with E-state index < -0.39 is 18.8 Å². The maximum absolute atomic E-state index is 11.8. The number of hydrogen-bond acceptors (Lipinski definition) is 5. The van der Waals surface area contributed by atoms with E-state index in [0.717, 1.165) is 0 Å². The van der Waals surface area contributed by atoms with Crippen LogP contribution in [0.4, 0.5) is 13.2 Å². The molecule has 0 fully saturated rings. The fourth-order valence-corrected chi connectivity index (χ4v) is 1.14. The summed E-state index contributed by atoms with van der Waals surface area (Å²) in [6.07, 6.45) is -4.18. The molecule has 1 aromatic heterocycles. The van der Waals surface area contributed by atoms with Crippen LogP contribution in [0, 0.1) is 0 Å². The second kappa shape index (κ2) is 6.28. The Morgan fingerprint density at radius 1 is 1.44 bits per heavy atom. The summed E-state index contributed by atoms with van der Waals surface area (Å²) in [6.45, 7) is -1.54. The van der Waals surface area contributed by atoms with Gasteiger partial charge in [-0.1, -0.05) is 0 Å². The zero-order chi connectivity index (χ0) is 13.6. The molecule has 0 aromatic carbocycles. The van der Waals surface area contributed by atoms with Gasteiger partial charge in [-0.2, -0.15) is 13.2 Å². The fraction of sp³-hybridized carbons (Fsp3) is 0.750. The second-order valence-electron chi connectivity index (χ2n) is 3.42. The van der Waals surface area contributed by atoms with E-state index in [4.69, 9.17) is 5.11 Å². The monoisotopic (exact) mass is 268 g/mol. The number of aliphatic carboxylic acids is 1. The first-order valence-electron chi connectivity index (χ1n) is 5.00. The molecular formula is C8H11F3N4O3. The van der Waals surface area contributed by atoms with Crippen molar-refractivity contribution < 1.29 is 27.8 Å². The van der Waals surface area contributed by atoms with Crippen LogP contribution in [0.1, 0.15) is 18.7 Å². The van der Waals surface area contributed by atoms with E-state index >= 15 is 0 Å². The van der Waals surface area contributed by atoms with Gasteiger partial charge >= 0.3 is 12.1 Å². The summed E-state index contributed by atoms with van der Waals surface area (Å²) in [7, 11) is 0. The van der Waals surface area contributed by atoms with Crippen molar-refractivity contribution in [1.82, 2.24) is 20.2 Å². The number of aryl methyl sites for hydroxylation is 1. The van der Waals surface area contributed by atoms with Crippen molar-refractivity contribution in [2.75, 3.05) is 6.61 Å². The molecule has 0 amide bonds. The first-order valence-corrected chi connectivity index (χ1v) is 5.00. The van der Waals surface area contributed by atoms with Gasteiger partial charge in [0.15, 0.2) is 5.82 Å². The number of ether oxygens (including phenoxy) is 1. The van der Waals surface area contributed by atoms with Gasteiger partial charge in [0.1, 0.15) is 13.2 Å². The highest BCUT2D eigenvalue weighted by Crippen LogP contribution is 2.15. The minimum Gasteiger partial charge on any atom is -0.481 e. The lowest BCUT2D eigenvalue weighted by Gasteiger charge is -2.07. The van der Waals surface area contributed by atoms with E-state index in [1.54, 1.807) is 0 Å². The molecule has 0 atom stereocenters. The van der Waals surface area contributed by atoms with Gasteiger partial charge in [-0.25, -0.2) is 4.68 Å². The molecule has 18 heavy (non-hydrogen) atoms. The van der Waals surface area contributed by atoms with E-state index in [0.29, 0.717) is 0 Å². The van der Waals surface area contributed by atoms with E-state index in [9.17, 15) is 18.0 Å². The van der Waals surface area contributed by atoms with Crippen molar-refractivity contribution >= 4 is 5.97 Å². The molecule has 0 saturated heterocycles. The molecule has 1 rings (SSSR count). The molecule has 0 unspecified atom stereocenters. The Labute approximate surface area is 99.5 Å². The number of aromatic nitrogens is 4. The van der Waals surface area contributed by atoms with E-state index in [-0.39, 0.29) is 31.8 Å². The number of rotatable bonds is 7. The van der Waals surface area contributed by atoms with Gasteiger partial charge in [-0.3, -0.25) is 4.79 Å². The van der Waals surface area contributed by atoms with Crippen LogP contribution >= 0.6 is 0 Å². The third-order valence-electron chi connectivity index (χ3n) is 1.86. The van der Waals surface area contributed by atoms with Gasteiger partial charge in [0, 0.05) is 13.0 Å². The molecule has 0 aliphatic rings. The topological polar surface area (TPSA) is 90.1 Å². The van der Waals surface area contributed by atoms with Crippen LogP contribution in [0.2, 0.25) is 0 Å². The van der Waals surface area contributed by atoms with Gasteiger partial charge in [0.2, 0.25) is 0 Å². The number of carbonyl (C=O) groups is 1. The van der Waals surface area contributed by atoms with Crippen LogP contribution in [0.25, 0.3) is 0 Å². The zero-order valence-electron chi connectivity index (χ0n) is 9.22. The summed E-state index contributed by atoms with van der Waals surface area (Å²) in [4.78, 5) is 10.3. The predicted molar refractivity (Wildman–Crippen MR) is 50.4 cm³/mol. The van der Waals surface area contributed by atoms with Gasteiger partial charge in [-0.15, -0.1) is 5.10 Å². The quantitative estimate of drug-likeness (QED) is 0.779. The maximum Gasteiger partial charge on any atom is 0.411 e. The molecule has 0 spiro atoms. The summed E-state index contributed by atoms with van der Waals surface area (Å²) in [5.74, 6) is -0.831. The number of carboxylic acids is 1. The lowest BCUT2D eigenvalue weighted by Crippen LogP contribution is -2.18. The van der Waals surface area contributed by atoms with Crippen LogP contribution in [-0.2, 0) is 22.7 Å². The van der Waals surface area contributed by atoms with Crippen LogP contribution < -0.4 is 0 Å². The summed E-state index contributed by atoms with van der Waals surface area (Å²) in [5.41, 5.74) is 0. The summed E-state index contributed by atoms with van der Waals surface area (Å²) >= 11 is 0. The molecule has 0 radical (unpaired) electrons. The number of hydrogen-bond donors (Lipinski definition) is 1. The molecule has 1 N–H and O–H groups in total. The first-order chi connectivity index (χ1) is 8.38. The smallest absolute Gasteiger partial charge is 0.411 e. The van der Waals surface area contributed by atoms with E-state index in [1.807, 2.05) is 0 Å². The molecule has 0 saturated carbocycles. The molecule has 102 valence electrons. The average molecular weight is 268 g/mol. The third kappa shape index (κ3) is 5.57. The van der Waals surface area contributed by atoms with Crippen LogP contribution in [0.15, 0.2) is 0 Å². The number of tetrazole rings is 1. The SMILES string of the molecule is O=C(O)CCCn1nnnc1COCC(F)(F)F. The van der Waals surface area contributed by atoms with E-state index in [1.165, 1.54) is 4.68 Å². The van der Waals surface area contributed by atoms with Crippen molar-refractivity contribution in [1.29, 1.82) is 0 Å². The average Bonchev–Trinajstić information content (AvgIpc) is 2.63. The Morgan fingerprint density at radius 3 is 2.78 bits per heavy atom. The Kier molecular flexibility index (Phi) is 5.01. The Balaban J connectivity index is 2.37. The highest BCUT2D eigenvalue weighted by atomic mass is 19.4.